The number of carbonyl (C=O) groups excluding carboxylic acids is 2. The minimum absolute atomic E-state index is 0.00978. The molecule has 3 rings (SSSR count). The molecule has 0 bridgehead atoms. The standard InChI is InChI=1S/C19H27N3O3/c1-25-17-7-5-6-16(13-17)22-14-15(12-18(22)23)19(24)20-8-11-21-9-3-2-4-10-21/h5-7,13,15H,2-4,8-12,14H2,1H3,(H,20,24)/t15-/m1/s1. The van der Waals surface area contributed by atoms with Gasteiger partial charge < -0.3 is 19.9 Å². The lowest BCUT2D eigenvalue weighted by Crippen LogP contribution is -2.40. The summed E-state index contributed by atoms with van der Waals surface area (Å²) >= 11 is 0. The van der Waals surface area contributed by atoms with Crippen molar-refractivity contribution in [3.63, 3.8) is 0 Å². The molecular formula is C19H27N3O3. The summed E-state index contributed by atoms with van der Waals surface area (Å²) in [5.74, 6) is 0.403. The number of benzene rings is 1. The highest BCUT2D eigenvalue weighted by molar-refractivity contribution is 6.00. The number of piperidine rings is 1. The fourth-order valence-electron chi connectivity index (χ4n) is 3.58. The van der Waals surface area contributed by atoms with Crippen molar-refractivity contribution in [3.05, 3.63) is 24.3 Å². The molecule has 0 saturated carbocycles. The number of amides is 2. The second-order valence-electron chi connectivity index (χ2n) is 6.80. The van der Waals surface area contributed by atoms with Gasteiger partial charge in [0.15, 0.2) is 0 Å². The maximum Gasteiger partial charge on any atom is 0.227 e. The average molecular weight is 345 g/mol. The van der Waals surface area contributed by atoms with Gasteiger partial charge in [0.2, 0.25) is 11.8 Å². The molecule has 0 aromatic heterocycles. The topological polar surface area (TPSA) is 61.9 Å². The molecule has 2 heterocycles. The number of rotatable bonds is 6. The number of methoxy groups -OCH3 is 1. The Morgan fingerprint density at radius 3 is 2.84 bits per heavy atom. The van der Waals surface area contributed by atoms with E-state index in [1.54, 1.807) is 12.0 Å². The maximum atomic E-state index is 12.4. The highest BCUT2D eigenvalue weighted by Crippen LogP contribution is 2.27. The lowest BCUT2D eigenvalue weighted by molar-refractivity contribution is -0.126. The van der Waals surface area contributed by atoms with Crippen LogP contribution in [0.5, 0.6) is 5.75 Å². The van der Waals surface area contributed by atoms with Crippen LogP contribution in [-0.4, -0.2) is 56.5 Å². The SMILES string of the molecule is COc1cccc(N2C[C@H](C(=O)NCCN3CCCCC3)CC2=O)c1. The van der Waals surface area contributed by atoms with Crippen molar-refractivity contribution in [1.82, 2.24) is 10.2 Å². The van der Waals surface area contributed by atoms with E-state index in [9.17, 15) is 9.59 Å². The zero-order chi connectivity index (χ0) is 17.6. The molecule has 1 aromatic carbocycles. The molecule has 0 aliphatic carbocycles. The first kappa shape index (κ1) is 17.7. The van der Waals surface area contributed by atoms with E-state index in [1.165, 1.54) is 19.3 Å². The van der Waals surface area contributed by atoms with Crippen LogP contribution in [0.25, 0.3) is 0 Å². The van der Waals surface area contributed by atoms with E-state index in [4.69, 9.17) is 4.74 Å². The van der Waals surface area contributed by atoms with Gasteiger partial charge in [-0.2, -0.15) is 0 Å². The van der Waals surface area contributed by atoms with E-state index in [0.717, 1.165) is 25.3 Å². The number of nitrogens with one attached hydrogen (secondary N) is 1. The number of nitrogens with zero attached hydrogens (tertiary/aromatic N) is 2. The summed E-state index contributed by atoms with van der Waals surface area (Å²) in [5, 5.41) is 3.00. The third-order valence-corrected chi connectivity index (χ3v) is 5.04. The predicted molar refractivity (Wildman–Crippen MR) is 96.8 cm³/mol. The summed E-state index contributed by atoms with van der Waals surface area (Å²) in [6.07, 6.45) is 4.08. The molecule has 2 aliphatic heterocycles. The number of anilines is 1. The van der Waals surface area contributed by atoms with Crippen molar-refractivity contribution in [2.45, 2.75) is 25.7 Å². The number of carbonyl (C=O) groups is 2. The Kier molecular flexibility index (Phi) is 5.91. The molecule has 25 heavy (non-hydrogen) atoms. The summed E-state index contributed by atoms with van der Waals surface area (Å²) < 4.78 is 5.21. The fourth-order valence-corrected chi connectivity index (χ4v) is 3.58. The van der Waals surface area contributed by atoms with Gasteiger partial charge in [-0.1, -0.05) is 12.5 Å². The molecule has 0 spiro atoms. The fraction of sp³-hybridized carbons (Fsp3) is 0.579. The highest BCUT2D eigenvalue weighted by Gasteiger charge is 2.35. The van der Waals surface area contributed by atoms with Gasteiger partial charge in [-0.25, -0.2) is 0 Å². The first-order chi connectivity index (χ1) is 12.2. The molecule has 0 unspecified atom stereocenters. The molecule has 6 heteroatoms. The van der Waals surface area contributed by atoms with E-state index < -0.39 is 0 Å². The molecule has 2 saturated heterocycles. The number of hydrogen-bond acceptors (Lipinski definition) is 4. The third kappa shape index (κ3) is 4.51. The van der Waals surface area contributed by atoms with Crippen molar-refractivity contribution in [3.8, 4) is 5.75 Å². The second kappa shape index (κ2) is 8.34. The Labute approximate surface area is 149 Å². The molecule has 1 aromatic rings. The van der Waals surface area contributed by atoms with Crippen LogP contribution in [0.3, 0.4) is 0 Å². The van der Waals surface area contributed by atoms with Crippen LogP contribution in [0.1, 0.15) is 25.7 Å². The summed E-state index contributed by atoms with van der Waals surface area (Å²) in [5.41, 5.74) is 0.785. The molecule has 1 atom stereocenters. The monoisotopic (exact) mass is 345 g/mol. The van der Waals surface area contributed by atoms with E-state index in [-0.39, 0.29) is 24.2 Å². The lowest BCUT2D eigenvalue weighted by Gasteiger charge is -2.26. The van der Waals surface area contributed by atoms with E-state index >= 15 is 0 Å². The van der Waals surface area contributed by atoms with Crippen molar-refractivity contribution in [2.24, 2.45) is 5.92 Å². The van der Waals surface area contributed by atoms with Gasteiger partial charge >= 0.3 is 0 Å². The van der Waals surface area contributed by atoms with Gasteiger partial charge in [-0.3, -0.25) is 9.59 Å². The van der Waals surface area contributed by atoms with Crippen LogP contribution in [0, 0.1) is 5.92 Å². The summed E-state index contributed by atoms with van der Waals surface area (Å²) in [6.45, 7) is 4.24. The molecule has 136 valence electrons. The summed E-state index contributed by atoms with van der Waals surface area (Å²) in [4.78, 5) is 28.8. The lowest BCUT2D eigenvalue weighted by atomic mass is 10.1. The Bertz CT molecular complexity index is 614. The van der Waals surface area contributed by atoms with Gasteiger partial charge in [0, 0.05) is 37.8 Å². The molecular weight excluding hydrogens is 318 g/mol. The van der Waals surface area contributed by atoms with Crippen molar-refractivity contribution >= 4 is 17.5 Å². The van der Waals surface area contributed by atoms with Gasteiger partial charge in [0.25, 0.3) is 0 Å². The predicted octanol–water partition coefficient (Wildman–Crippen LogP) is 1.65. The summed E-state index contributed by atoms with van der Waals surface area (Å²) in [7, 11) is 1.60. The van der Waals surface area contributed by atoms with E-state index in [0.29, 0.717) is 18.8 Å². The Morgan fingerprint density at radius 2 is 2.08 bits per heavy atom. The second-order valence-corrected chi connectivity index (χ2v) is 6.80. The number of ether oxygens (including phenoxy) is 1. The quantitative estimate of drug-likeness (QED) is 0.852. The highest BCUT2D eigenvalue weighted by atomic mass is 16.5. The van der Waals surface area contributed by atoms with Crippen molar-refractivity contribution in [2.75, 3.05) is 44.7 Å². The van der Waals surface area contributed by atoms with Crippen molar-refractivity contribution in [1.29, 1.82) is 0 Å². The smallest absolute Gasteiger partial charge is 0.227 e. The normalized spacial score (nSPS) is 21.4. The summed E-state index contributed by atoms with van der Waals surface area (Å²) in [6, 6.07) is 7.40. The van der Waals surface area contributed by atoms with E-state index in [2.05, 4.69) is 10.2 Å². The Balaban J connectivity index is 1.50. The zero-order valence-electron chi connectivity index (χ0n) is 14.9. The molecule has 2 amide bonds. The zero-order valence-corrected chi connectivity index (χ0v) is 14.9. The molecule has 2 fully saturated rings. The third-order valence-electron chi connectivity index (χ3n) is 5.04. The van der Waals surface area contributed by atoms with Crippen LogP contribution in [-0.2, 0) is 9.59 Å². The van der Waals surface area contributed by atoms with Gasteiger partial charge in [-0.05, 0) is 38.1 Å². The van der Waals surface area contributed by atoms with Crippen LogP contribution < -0.4 is 15.0 Å². The van der Waals surface area contributed by atoms with Gasteiger partial charge in [0.1, 0.15) is 5.75 Å². The largest absolute Gasteiger partial charge is 0.497 e. The van der Waals surface area contributed by atoms with Gasteiger partial charge in [0.05, 0.1) is 13.0 Å². The number of likely N-dealkylation sites (tertiary alicyclic amines) is 1. The molecule has 2 aliphatic rings. The van der Waals surface area contributed by atoms with Crippen LogP contribution >= 0.6 is 0 Å². The molecule has 0 radical (unpaired) electrons. The maximum absolute atomic E-state index is 12.4. The molecule has 6 nitrogen and oxygen atoms in total. The first-order valence-corrected chi connectivity index (χ1v) is 9.12. The average Bonchev–Trinajstić information content (AvgIpc) is 3.04. The minimum atomic E-state index is -0.278. The Morgan fingerprint density at radius 1 is 1.28 bits per heavy atom. The van der Waals surface area contributed by atoms with Gasteiger partial charge in [-0.15, -0.1) is 0 Å². The van der Waals surface area contributed by atoms with Crippen molar-refractivity contribution < 1.29 is 14.3 Å². The number of hydrogen-bond donors (Lipinski definition) is 1. The Hall–Kier alpha value is -2.08. The van der Waals surface area contributed by atoms with E-state index in [1.807, 2.05) is 24.3 Å². The van der Waals surface area contributed by atoms with Crippen LogP contribution in [0.2, 0.25) is 0 Å². The van der Waals surface area contributed by atoms with Crippen LogP contribution in [0.4, 0.5) is 5.69 Å². The van der Waals surface area contributed by atoms with Crippen LogP contribution in [0.15, 0.2) is 24.3 Å². The molecule has 1 N–H and O–H groups in total. The first-order valence-electron chi connectivity index (χ1n) is 9.12. The minimum Gasteiger partial charge on any atom is -0.497 e.